The third-order valence-corrected chi connectivity index (χ3v) is 5.03. The van der Waals surface area contributed by atoms with Gasteiger partial charge in [-0.15, -0.1) is 0 Å². The Morgan fingerprint density at radius 1 is 1.00 bits per heavy atom. The summed E-state index contributed by atoms with van der Waals surface area (Å²) in [5.41, 5.74) is 0. The van der Waals surface area contributed by atoms with Crippen molar-refractivity contribution in [2.45, 2.75) is 70.4 Å². The number of likely N-dealkylation sites (N-methyl/N-ethyl adjacent to an activating group) is 1. The molecule has 0 aromatic heterocycles. The third-order valence-electron chi connectivity index (χ3n) is 5.03. The fraction of sp³-hybridized carbons (Fsp3) is 1.00. The van der Waals surface area contributed by atoms with Gasteiger partial charge < -0.3 is 5.32 Å². The monoisotopic (exact) mass is 238 g/mol. The highest BCUT2D eigenvalue weighted by molar-refractivity contribution is 4.88. The first-order valence-electron chi connectivity index (χ1n) is 7.76. The van der Waals surface area contributed by atoms with Crippen LogP contribution in [0, 0.1) is 5.92 Å². The quantitative estimate of drug-likeness (QED) is 0.813. The zero-order chi connectivity index (χ0) is 12.1. The van der Waals surface area contributed by atoms with Gasteiger partial charge in [-0.1, -0.05) is 26.2 Å². The molecule has 0 amide bonds. The van der Waals surface area contributed by atoms with Crippen molar-refractivity contribution in [3.63, 3.8) is 0 Å². The lowest BCUT2D eigenvalue weighted by Crippen LogP contribution is -2.51. The summed E-state index contributed by atoms with van der Waals surface area (Å²) in [7, 11) is 2.15. The molecule has 2 aliphatic rings. The molecule has 2 rings (SSSR count). The van der Waals surface area contributed by atoms with Crippen LogP contribution in [0.4, 0.5) is 0 Å². The summed E-state index contributed by atoms with van der Waals surface area (Å²) < 4.78 is 0. The Kier molecular flexibility index (Phi) is 5.30. The Balaban J connectivity index is 1.91. The number of rotatable bonds is 3. The lowest BCUT2D eigenvalue weighted by atomic mass is 9.89. The first-order valence-corrected chi connectivity index (χ1v) is 7.76. The summed E-state index contributed by atoms with van der Waals surface area (Å²) in [5.74, 6) is 0.997. The number of nitrogens with zero attached hydrogens (tertiary/aromatic N) is 1. The largest absolute Gasteiger partial charge is 0.315 e. The average Bonchev–Trinajstić information content (AvgIpc) is 2.63. The van der Waals surface area contributed by atoms with Crippen molar-refractivity contribution in [1.29, 1.82) is 0 Å². The minimum atomic E-state index is 0.752. The first kappa shape index (κ1) is 13.4. The molecule has 3 atom stereocenters. The number of nitrogens with one attached hydrogen (secondary N) is 1. The fourth-order valence-corrected chi connectivity index (χ4v) is 3.81. The SMILES string of the molecule is CCC1CCCN(C2CCCCC2NC)CC1. The van der Waals surface area contributed by atoms with E-state index in [1.54, 1.807) is 0 Å². The molecule has 0 spiro atoms. The molecule has 1 saturated carbocycles. The Morgan fingerprint density at radius 3 is 2.59 bits per heavy atom. The summed E-state index contributed by atoms with van der Waals surface area (Å²) in [6.07, 6.45) is 11.4. The maximum atomic E-state index is 3.56. The molecular formula is C15H30N2. The van der Waals surface area contributed by atoms with Crippen LogP contribution in [0.1, 0.15) is 58.3 Å². The second kappa shape index (κ2) is 6.75. The van der Waals surface area contributed by atoms with E-state index >= 15 is 0 Å². The number of likely N-dealkylation sites (tertiary alicyclic amines) is 1. The van der Waals surface area contributed by atoms with E-state index in [0.29, 0.717) is 0 Å². The molecule has 1 N–H and O–H groups in total. The van der Waals surface area contributed by atoms with Crippen molar-refractivity contribution in [1.82, 2.24) is 10.2 Å². The molecule has 1 aliphatic carbocycles. The van der Waals surface area contributed by atoms with Crippen molar-refractivity contribution in [3.05, 3.63) is 0 Å². The molecule has 1 saturated heterocycles. The van der Waals surface area contributed by atoms with Crippen molar-refractivity contribution in [3.8, 4) is 0 Å². The second-order valence-corrected chi connectivity index (χ2v) is 5.99. The van der Waals surface area contributed by atoms with E-state index in [1.165, 1.54) is 64.5 Å². The molecule has 0 radical (unpaired) electrons. The van der Waals surface area contributed by atoms with Gasteiger partial charge in [0, 0.05) is 12.1 Å². The van der Waals surface area contributed by atoms with E-state index in [-0.39, 0.29) is 0 Å². The highest BCUT2D eigenvalue weighted by atomic mass is 15.2. The zero-order valence-corrected chi connectivity index (χ0v) is 11.8. The van der Waals surface area contributed by atoms with E-state index in [4.69, 9.17) is 0 Å². The van der Waals surface area contributed by atoms with Crippen molar-refractivity contribution in [2.75, 3.05) is 20.1 Å². The Bertz CT molecular complexity index is 217. The molecule has 2 nitrogen and oxygen atoms in total. The van der Waals surface area contributed by atoms with E-state index in [2.05, 4.69) is 24.2 Å². The Hall–Kier alpha value is -0.0800. The molecule has 0 aromatic carbocycles. The van der Waals surface area contributed by atoms with Crippen LogP contribution >= 0.6 is 0 Å². The van der Waals surface area contributed by atoms with Gasteiger partial charge in [0.05, 0.1) is 0 Å². The number of hydrogen-bond acceptors (Lipinski definition) is 2. The standard InChI is InChI=1S/C15H30N2/c1-3-13-7-6-11-17(12-10-13)15-9-5-4-8-14(15)16-2/h13-16H,3-12H2,1-2H3. The molecule has 1 heterocycles. The van der Waals surface area contributed by atoms with Gasteiger partial charge >= 0.3 is 0 Å². The van der Waals surface area contributed by atoms with Crippen LogP contribution in [0.2, 0.25) is 0 Å². The zero-order valence-electron chi connectivity index (χ0n) is 11.8. The summed E-state index contributed by atoms with van der Waals surface area (Å²) in [4.78, 5) is 2.80. The van der Waals surface area contributed by atoms with Crippen molar-refractivity contribution >= 4 is 0 Å². The highest BCUT2D eigenvalue weighted by Crippen LogP contribution is 2.27. The molecule has 2 heteroatoms. The molecule has 0 aromatic rings. The molecule has 17 heavy (non-hydrogen) atoms. The highest BCUT2D eigenvalue weighted by Gasteiger charge is 2.30. The lowest BCUT2D eigenvalue weighted by Gasteiger charge is -2.39. The molecular weight excluding hydrogens is 208 g/mol. The predicted molar refractivity (Wildman–Crippen MR) is 74.3 cm³/mol. The number of hydrogen-bond donors (Lipinski definition) is 1. The normalized spacial score (nSPS) is 36.7. The van der Waals surface area contributed by atoms with Crippen LogP contribution in [0.15, 0.2) is 0 Å². The van der Waals surface area contributed by atoms with Crippen molar-refractivity contribution < 1.29 is 0 Å². The van der Waals surface area contributed by atoms with Gasteiger partial charge in [-0.25, -0.2) is 0 Å². The maximum Gasteiger partial charge on any atom is 0.0249 e. The molecule has 2 fully saturated rings. The summed E-state index contributed by atoms with van der Waals surface area (Å²) in [6.45, 7) is 5.05. The van der Waals surface area contributed by atoms with E-state index in [1.807, 2.05) is 0 Å². The molecule has 3 unspecified atom stereocenters. The van der Waals surface area contributed by atoms with Gasteiger partial charge in [-0.2, -0.15) is 0 Å². The van der Waals surface area contributed by atoms with Gasteiger partial charge in [0.1, 0.15) is 0 Å². The van der Waals surface area contributed by atoms with Crippen LogP contribution in [0.3, 0.4) is 0 Å². The van der Waals surface area contributed by atoms with Gasteiger partial charge in [0.15, 0.2) is 0 Å². The molecule has 0 bridgehead atoms. The van der Waals surface area contributed by atoms with Crippen LogP contribution in [-0.2, 0) is 0 Å². The Labute approximate surface area is 107 Å². The van der Waals surface area contributed by atoms with Gasteiger partial charge in [0.25, 0.3) is 0 Å². The summed E-state index contributed by atoms with van der Waals surface area (Å²) in [6, 6.07) is 1.58. The summed E-state index contributed by atoms with van der Waals surface area (Å²) >= 11 is 0. The lowest BCUT2D eigenvalue weighted by molar-refractivity contribution is 0.128. The smallest absolute Gasteiger partial charge is 0.0249 e. The molecule has 1 aliphatic heterocycles. The maximum absolute atomic E-state index is 3.56. The van der Waals surface area contributed by atoms with Crippen LogP contribution in [0.5, 0.6) is 0 Å². The van der Waals surface area contributed by atoms with Gasteiger partial charge in [-0.05, 0) is 58.2 Å². The van der Waals surface area contributed by atoms with Gasteiger partial charge in [-0.3, -0.25) is 4.90 Å². The average molecular weight is 238 g/mol. The van der Waals surface area contributed by atoms with Crippen LogP contribution in [-0.4, -0.2) is 37.1 Å². The van der Waals surface area contributed by atoms with E-state index in [9.17, 15) is 0 Å². The van der Waals surface area contributed by atoms with Crippen LogP contribution in [0.25, 0.3) is 0 Å². The summed E-state index contributed by atoms with van der Waals surface area (Å²) in [5, 5.41) is 3.56. The predicted octanol–water partition coefficient (Wildman–Crippen LogP) is 3.03. The van der Waals surface area contributed by atoms with E-state index < -0.39 is 0 Å². The van der Waals surface area contributed by atoms with Crippen molar-refractivity contribution in [2.24, 2.45) is 5.92 Å². The molecule has 100 valence electrons. The third kappa shape index (κ3) is 3.45. The minimum absolute atomic E-state index is 0.752. The second-order valence-electron chi connectivity index (χ2n) is 5.99. The van der Waals surface area contributed by atoms with Crippen LogP contribution < -0.4 is 5.32 Å². The Morgan fingerprint density at radius 2 is 1.82 bits per heavy atom. The first-order chi connectivity index (χ1) is 8.35. The van der Waals surface area contributed by atoms with E-state index in [0.717, 1.165) is 18.0 Å². The minimum Gasteiger partial charge on any atom is -0.315 e. The van der Waals surface area contributed by atoms with Gasteiger partial charge in [0.2, 0.25) is 0 Å². The topological polar surface area (TPSA) is 15.3 Å². The fourth-order valence-electron chi connectivity index (χ4n) is 3.81.